The predicted octanol–water partition coefficient (Wildman–Crippen LogP) is 1.23. The zero-order chi connectivity index (χ0) is 13.1. The standard InChI is InChI=1S/C11H18N2O3S/c1-4-11(3,5-2)13-17(15,16)9-6-7-10(14)12-8-9/h6-8,13H,4-5H2,1-3H3,(H,12,14). The van der Waals surface area contributed by atoms with E-state index in [1.807, 2.05) is 20.8 Å². The molecular formula is C11H18N2O3S. The summed E-state index contributed by atoms with van der Waals surface area (Å²) in [5.74, 6) is 0. The first-order valence-electron chi connectivity index (χ1n) is 5.56. The number of sulfonamides is 1. The molecule has 17 heavy (non-hydrogen) atoms. The minimum absolute atomic E-state index is 0.0743. The summed E-state index contributed by atoms with van der Waals surface area (Å²) in [5.41, 5.74) is -0.785. The highest BCUT2D eigenvalue weighted by atomic mass is 32.2. The summed E-state index contributed by atoms with van der Waals surface area (Å²) in [6, 6.07) is 2.50. The maximum Gasteiger partial charge on any atom is 0.247 e. The molecule has 1 heterocycles. The van der Waals surface area contributed by atoms with Crippen LogP contribution in [0, 0.1) is 0 Å². The van der Waals surface area contributed by atoms with Crippen molar-refractivity contribution in [1.82, 2.24) is 9.71 Å². The summed E-state index contributed by atoms with van der Waals surface area (Å²) >= 11 is 0. The van der Waals surface area contributed by atoms with Gasteiger partial charge >= 0.3 is 0 Å². The summed E-state index contributed by atoms with van der Waals surface area (Å²) in [4.78, 5) is 13.3. The van der Waals surface area contributed by atoms with Gasteiger partial charge in [-0.25, -0.2) is 13.1 Å². The highest BCUT2D eigenvalue weighted by molar-refractivity contribution is 7.89. The monoisotopic (exact) mass is 258 g/mol. The fraction of sp³-hybridized carbons (Fsp3) is 0.545. The van der Waals surface area contributed by atoms with Crippen LogP contribution >= 0.6 is 0 Å². The quantitative estimate of drug-likeness (QED) is 0.833. The highest BCUT2D eigenvalue weighted by Gasteiger charge is 2.27. The van der Waals surface area contributed by atoms with Crippen LogP contribution in [0.15, 0.2) is 28.0 Å². The lowest BCUT2D eigenvalue weighted by atomic mass is 9.98. The molecule has 0 aliphatic rings. The van der Waals surface area contributed by atoms with Gasteiger partial charge in [0.15, 0.2) is 0 Å². The molecule has 0 aromatic carbocycles. The lowest BCUT2D eigenvalue weighted by Gasteiger charge is -2.27. The van der Waals surface area contributed by atoms with Crippen molar-refractivity contribution in [2.75, 3.05) is 0 Å². The second-order valence-electron chi connectivity index (χ2n) is 4.26. The van der Waals surface area contributed by atoms with Gasteiger partial charge in [-0.2, -0.15) is 0 Å². The molecule has 0 aliphatic carbocycles. The number of hydrogen-bond acceptors (Lipinski definition) is 3. The van der Waals surface area contributed by atoms with Crippen molar-refractivity contribution in [1.29, 1.82) is 0 Å². The molecule has 96 valence electrons. The Bertz CT molecular complexity index is 509. The van der Waals surface area contributed by atoms with E-state index in [1.165, 1.54) is 18.3 Å². The van der Waals surface area contributed by atoms with Gasteiger partial charge in [0, 0.05) is 17.8 Å². The van der Waals surface area contributed by atoms with Crippen LogP contribution in [0.2, 0.25) is 0 Å². The van der Waals surface area contributed by atoms with Gasteiger partial charge < -0.3 is 4.98 Å². The van der Waals surface area contributed by atoms with Crippen molar-refractivity contribution in [3.05, 3.63) is 28.7 Å². The summed E-state index contributed by atoms with van der Waals surface area (Å²) in [7, 11) is -3.58. The molecule has 5 nitrogen and oxygen atoms in total. The van der Waals surface area contributed by atoms with Gasteiger partial charge in [-0.15, -0.1) is 0 Å². The molecule has 0 atom stereocenters. The van der Waals surface area contributed by atoms with Crippen LogP contribution in [0.4, 0.5) is 0 Å². The lowest BCUT2D eigenvalue weighted by Crippen LogP contribution is -2.44. The molecule has 0 spiro atoms. The topological polar surface area (TPSA) is 79.0 Å². The van der Waals surface area contributed by atoms with Crippen molar-refractivity contribution < 1.29 is 8.42 Å². The van der Waals surface area contributed by atoms with Gasteiger partial charge in [0.05, 0.1) is 4.90 Å². The SMILES string of the molecule is CCC(C)(CC)NS(=O)(=O)c1ccc(=O)[nH]c1. The van der Waals surface area contributed by atoms with E-state index in [2.05, 4.69) is 9.71 Å². The predicted molar refractivity (Wildman–Crippen MR) is 66.4 cm³/mol. The van der Waals surface area contributed by atoms with Crippen LogP contribution < -0.4 is 10.3 Å². The molecular weight excluding hydrogens is 240 g/mol. The summed E-state index contributed by atoms with van der Waals surface area (Å²) in [6.45, 7) is 5.72. The van der Waals surface area contributed by atoms with E-state index in [9.17, 15) is 13.2 Å². The number of nitrogens with one attached hydrogen (secondary N) is 2. The summed E-state index contributed by atoms with van der Waals surface area (Å²) in [5, 5.41) is 0. The van der Waals surface area contributed by atoms with Gasteiger partial charge in [-0.05, 0) is 25.8 Å². The molecule has 0 fully saturated rings. The smallest absolute Gasteiger partial charge is 0.247 e. The third-order valence-corrected chi connectivity index (χ3v) is 4.64. The molecule has 0 saturated carbocycles. The van der Waals surface area contributed by atoms with Crippen molar-refractivity contribution in [2.45, 2.75) is 44.0 Å². The van der Waals surface area contributed by atoms with Crippen LogP contribution in [0.1, 0.15) is 33.6 Å². The molecule has 2 N–H and O–H groups in total. The number of pyridine rings is 1. The Morgan fingerprint density at radius 3 is 2.29 bits per heavy atom. The van der Waals surface area contributed by atoms with Gasteiger partial charge in [0.2, 0.25) is 15.6 Å². The second-order valence-corrected chi connectivity index (χ2v) is 5.94. The number of aromatic amines is 1. The fourth-order valence-corrected chi connectivity index (χ4v) is 2.86. The van der Waals surface area contributed by atoms with Crippen LogP contribution in [0.5, 0.6) is 0 Å². The molecule has 6 heteroatoms. The van der Waals surface area contributed by atoms with E-state index in [1.54, 1.807) is 0 Å². The molecule has 1 rings (SSSR count). The third kappa shape index (κ3) is 3.41. The Morgan fingerprint density at radius 2 is 1.88 bits per heavy atom. The fourth-order valence-electron chi connectivity index (χ4n) is 1.34. The maximum absolute atomic E-state index is 12.0. The lowest BCUT2D eigenvalue weighted by molar-refractivity contribution is 0.388. The van der Waals surface area contributed by atoms with Crippen LogP contribution in [-0.2, 0) is 10.0 Å². The van der Waals surface area contributed by atoms with E-state index in [0.717, 1.165) is 0 Å². The van der Waals surface area contributed by atoms with Gasteiger partial charge in [-0.3, -0.25) is 4.79 Å². The second kappa shape index (κ2) is 5.01. The molecule has 0 amide bonds. The maximum atomic E-state index is 12.0. The van der Waals surface area contributed by atoms with Crippen LogP contribution in [0.3, 0.4) is 0 Å². The van der Waals surface area contributed by atoms with E-state index in [4.69, 9.17) is 0 Å². The van der Waals surface area contributed by atoms with Crippen LogP contribution in [-0.4, -0.2) is 18.9 Å². The average molecular weight is 258 g/mol. The first-order valence-corrected chi connectivity index (χ1v) is 7.04. The van der Waals surface area contributed by atoms with Crippen molar-refractivity contribution in [3.63, 3.8) is 0 Å². The van der Waals surface area contributed by atoms with Gasteiger partial charge in [-0.1, -0.05) is 13.8 Å². The van der Waals surface area contributed by atoms with Gasteiger partial charge in [0.25, 0.3) is 0 Å². The molecule has 0 bridgehead atoms. The zero-order valence-corrected chi connectivity index (χ0v) is 11.1. The largest absolute Gasteiger partial charge is 0.328 e. The van der Waals surface area contributed by atoms with Crippen molar-refractivity contribution >= 4 is 10.0 Å². The molecule has 1 aromatic heterocycles. The molecule has 0 unspecified atom stereocenters. The van der Waals surface area contributed by atoms with E-state index < -0.39 is 15.6 Å². The van der Waals surface area contributed by atoms with Gasteiger partial charge in [0.1, 0.15) is 0 Å². The average Bonchev–Trinajstić information content (AvgIpc) is 2.29. The first kappa shape index (κ1) is 13.9. The number of rotatable bonds is 5. The zero-order valence-electron chi connectivity index (χ0n) is 10.3. The Balaban J connectivity index is 3.04. The van der Waals surface area contributed by atoms with E-state index in [0.29, 0.717) is 12.8 Å². The summed E-state index contributed by atoms with van der Waals surface area (Å²) in [6.07, 6.45) is 2.61. The molecule has 0 saturated heterocycles. The van der Waals surface area contributed by atoms with E-state index >= 15 is 0 Å². The van der Waals surface area contributed by atoms with Crippen molar-refractivity contribution in [2.24, 2.45) is 0 Å². The van der Waals surface area contributed by atoms with Crippen LogP contribution in [0.25, 0.3) is 0 Å². The number of aromatic nitrogens is 1. The minimum Gasteiger partial charge on any atom is -0.328 e. The molecule has 1 aromatic rings. The highest BCUT2D eigenvalue weighted by Crippen LogP contribution is 2.17. The molecule has 0 radical (unpaired) electrons. The number of hydrogen-bond donors (Lipinski definition) is 2. The Kier molecular flexibility index (Phi) is 4.11. The third-order valence-electron chi connectivity index (χ3n) is 3.01. The normalized spacial score (nSPS) is 12.6. The Hall–Kier alpha value is -1.14. The molecule has 0 aliphatic heterocycles. The Labute approximate surface area is 101 Å². The summed E-state index contributed by atoms with van der Waals surface area (Å²) < 4.78 is 26.7. The Morgan fingerprint density at radius 1 is 1.29 bits per heavy atom. The van der Waals surface area contributed by atoms with E-state index in [-0.39, 0.29) is 10.5 Å². The number of H-pyrrole nitrogens is 1. The first-order chi connectivity index (χ1) is 7.83. The van der Waals surface area contributed by atoms with Crippen molar-refractivity contribution in [3.8, 4) is 0 Å². The minimum atomic E-state index is -3.58.